The van der Waals surface area contributed by atoms with Gasteiger partial charge in [0.15, 0.2) is 0 Å². The quantitative estimate of drug-likeness (QED) is 0.682. The number of carboxylic acid groups (broad SMARTS) is 1. The van der Waals surface area contributed by atoms with Gasteiger partial charge in [-0.1, -0.05) is 0 Å². The average molecular weight is 234 g/mol. The Morgan fingerprint density at radius 2 is 1.69 bits per heavy atom. The van der Waals surface area contributed by atoms with Crippen LogP contribution < -0.4 is 0 Å². The minimum atomic E-state index is -1.08. The second kappa shape index (κ2) is 5.58. The molecule has 0 spiro atoms. The lowest BCUT2D eigenvalue weighted by Crippen LogP contribution is -2.57. The van der Waals surface area contributed by atoms with Gasteiger partial charge in [-0.3, -0.25) is 4.79 Å². The van der Waals surface area contributed by atoms with Crippen LogP contribution in [0.1, 0.15) is 6.42 Å². The van der Waals surface area contributed by atoms with E-state index in [1.165, 1.54) is 21.3 Å². The van der Waals surface area contributed by atoms with E-state index in [4.69, 9.17) is 19.3 Å². The van der Waals surface area contributed by atoms with Gasteiger partial charge in [0.1, 0.15) is 12.2 Å². The van der Waals surface area contributed by atoms with E-state index in [1.54, 1.807) is 0 Å². The lowest BCUT2D eigenvalue weighted by Gasteiger charge is -2.41. The Kier molecular flexibility index (Phi) is 4.67. The molecule has 1 saturated carbocycles. The zero-order valence-corrected chi connectivity index (χ0v) is 9.62. The molecule has 94 valence electrons. The standard InChI is InChI=1S/C10H18O6/c1-14-6-4-5(10(12)13)7(11)9(16-3)8(6)15-2/h5-9,11H,4H2,1-3H3,(H,12,13). The highest BCUT2D eigenvalue weighted by Gasteiger charge is 2.47. The summed E-state index contributed by atoms with van der Waals surface area (Å²) in [7, 11) is 4.38. The van der Waals surface area contributed by atoms with E-state index in [2.05, 4.69) is 0 Å². The topological polar surface area (TPSA) is 85.2 Å². The molecule has 1 aliphatic rings. The van der Waals surface area contributed by atoms with Crippen LogP contribution in [0.4, 0.5) is 0 Å². The monoisotopic (exact) mass is 234 g/mol. The second-order valence-corrected chi connectivity index (χ2v) is 3.85. The zero-order valence-electron chi connectivity index (χ0n) is 9.62. The molecule has 1 aliphatic carbocycles. The number of hydrogen-bond donors (Lipinski definition) is 2. The first kappa shape index (κ1) is 13.4. The summed E-state index contributed by atoms with van der Waals surface area (Å²) in [5.41, 5.74) is 0. The molecule has 0 aromatic rings. The summed E-state index contributed by atoms with van der Waals surface area (Å²) in [5.74, 6) is -1.94. The van der Waals surface area contributed by atoms with Crippen molar-refractivity contribution < 1.29 is 29.2 Å². The van der Waals surface area contributed by atoms with Gasteiger partial charge in [-0.15, -0.1) is 0 Å². The van der Waals surface area contributed by atoms with E-state index >= 15 is 0 Å². The van der Waals surface area contributed by atoms with Gasteiger partial charge < -0.3 is 24.4 Å². The summed E-state index contributed by atoms with van der Waals surface area (Å²) in [6, 6.07) is 0. The summed E-state index contributed by atoms with van der Waals surface area (Å²) in [5, 5.41) is 18.9. The van der Waals surface area contributed by atoms with Crippen LogP contribution in [0, 0.1) is 5.92 Å². The van der Waals surface area contributed by atoms with Crippen LogP contribution in [0.15, 0.2) is 0 Å². The van der Waals surface area contributed by atoms with Crippen molar-refractivity contribution in [2.45, 2.75) is 30.8 Å². The van der Waals surface area contributed by atoms with Gasteiger partial charge in [0.2, 0.25) is 0 Å². The molecule has 0 saturated heterocycles. The predicted octanol–water partition coefficient (Wildman–Crippen LogP) is -0.503. The Hall–Kier alpha value is -0.690. The maximum Gasteiger partial charge on any atom is 0.309 e. The van der Waals surface area contributed by atoms with Crippen LogP contribution in [0.2, 0.25) is 0 Å². The molecule has 0 amide bonds. The fourth-order valence-electron chi connectivity index (χ4n) is 2.20. The van der Waals surface area contributed by atoms with Crippen molar-refractivity contribution in [2.24, 2.45) is 5.92 Å². The normalized spacial score (nSPS) is 39.6. The van der Waals surface area contributed by atoms with Crippen LogP contribution in [-0.4, -0.2) is 61.9 Å². The predicted molar refractivity (Wildman–Crippen MR) is 54.1 cm³/mol. The van der Waals surface area contributed by atoms with Gasteiger partial charge in [0, 0.05) is 21.3 Å². The number of aliphatic carboxylic acids is 1. The molecule has 0 heterocycles. The lowest BCUT2D eigenvalue weighted by atomic mass is 9.80. The Morgan fingerprint density at radius 1 is 1.12 bits per heavy atom. The zero-order chi connectivity index (χ0) is 12.3. The van der Waals surface area contributed by atoms with E-state index in [1.807, 2.05) is 0 Å². The van der Waals surface area contributed by atoms with Crippen molar-refractivity contribution in [3.8, 4) is 0 Å². The number of aliphatic hydroxyl groups is 1. The molecule has 5 unspecified atom stereocenters. The number of carbonyl (C=O) groups is 1. The maximum atomic E-state index is 11.0. The first-order valence-corrected chi connectivity index (χ1v) is 5.06. The van der Waals surface area contributed by atoms with Crippen LogP contribution in [0.5, 0.6) is 0 Å². The average Bonchev–Trinajstić information content (AvgIpc) is 2.27. The third-order valence-corrected chi connectivity index (χ3v) is 3.09. The molecule has 2 N–H and O–H groups in total. The van der Waals surface area contributed by atoms with Crippen LogP contribution in [0.3, 0.4) is 0 Å². The van der Waals surface area contributed by atoms with Crippen LogP contribution in [0.25, 0.3) is 0 Å². The third kappa shape index (κ3) is 2.35. The molecule has 1 fully saturated rings. The van der Waals surface area contributed by atoms with Crippen molar-refractivity contribution in [1.29, 1.82) is 0 Å². The highest BCUT2D eigenvalue weighted by atomic mass is 16.6. The molecule has 0 aliphatic heterocycles. The summed E-state index contributed by atoms with van der Waals surface area (Å²) in [6.07, 6.45) is -2.41. The Labute approximate surface area is 94.1 Å². The van der Waals surface area contributed by atoms with Gasteiger partial charge in [0.05, 0.1) is 18.1 Å². The largest absolute Gasteiger partial charge is 0.481 e. The molecule has 1 rings (SSSR count). The van der Waals surface area contributed by atoms with Gasteiger partial charge in [-0.05, 0) is 6.42 Å². The van der Waals surface area contributed by atoms with E-state index in [-0.39, 0.29) is 12.5 Å². The fraction of sp³-hybridized carbons (Fsp3) is 0.900. The summed E-state index contributed by atoms with van der Waals surface area (Å²) in [4.78, 5) is 11.0. The molecule has 0 aromatic carbocycles. The number of rotatable bonds is 4. The first-order chi connectivity index (χ1) is 7.56. The van der Waals surface area contributed by atoms with Crippen molar-refractivity contribution in [3.63, 3.8) is 0 Å². The van der Waals surface area contributed by atoms with E-state index in [0.29, 0.717) is 0 Å². The number of hydrogen-bond acceptors (Lipinski definition) is 5. The second-order valence-electron chi connectivity index (χ2n) is 3.85. The Bertz CT molecular complexity index is 243. The molecule has 0 bridgehead atoms. The van der Waals surface area contributed by atoms with Crippen LogP contribution >= 0.6 is 0 Å². The van der Waals surface area contributed by atoms with Crippen molar-refractivity contribution in [1.82, 2.24) is 0 Å². The molecule has 0 aromatic heterocycles. The number of ether oxygens (including phenoxy) is 3. The SMILES string of the molecule is COC1CC(C(=O)O)C(O)C(OC)C1OC. The molecule has 6 heteroatoms. The van der Waals surface area contributed by atoms with Crippen molar-refractivity contribution in [3.05, 3.63) is 0 Å². The number of aliphatic hydroxyl groups excluding tert-OH is 1. The smallest absolute Gasteiger partial charge is 0.309 e. The van der Waals surface area contributed by atoms with Gasteiger partial charge in [-0.25, -0.2) is 0 Å². The molecule has 5 atom stereocenters. The van der Waals surface area contributed by atoms with E-state index in [0.717, 1.165) is 0 Å². The number of carboxylic acids is 1. The highest BCUT2D eigenvalue weighted by Crippen LogP contribution is 2.30. The number of methoxy groups -OCH3 is 3. The highest BCUT2D eigenvalue weighted by molar-refractivity contribution is 5.71. The minimum Gasteiger partial charge on any atom is -0.481 e. The summed E-state index contributed by atoms with van der Waals surface area (Å²) in [6.45, 7) is 0. The van der Waals surface area contributed by atoms with Crippen molar-refractivity contribution in [2.75, 3.05) is 21.3 Å². The Morgan fingerprint density at radius 3 is 2.06 bits per heavy atom. The van der Waals surface area contributed by atoms with E-state index in [9.17, 15) is 9.90 Å². The summed E-state index contributed by atoms with van der Waals surface area (Å²) >= 11 is 0. The molecular formula is C10H18O6. The third-order valence-electron chi connectivity index (χ3n) is 3.09. The molecule has 6 nitrogen and oxygen atoms in total. The van der Waals surface area contributed by atoms with Gasteiger partial charge >= 0.3 is 5.97 Å². The summed E-state index contributed by atoms with van der Waals surface area (Å²) < 4.78 is 15.5. The minimum absolute atomic E-state index is 0.214. The van der Waals surface area contributed by atoms with Gasteiger partial charge in [0.25, 0.3) is 0 Å². The van der Waals surface area contributed by atoms with Gasteiger partial charge in [-0.2, -0.15) is 0 Å². The van der Waals surface area contributed by atoms with Crippen molar-refractivity contribution >= 4 is 5.97 Å². The fourth-order valence-corrected chi connectivity index (χ4v) is 2.20. The van der Waals surface area contributed by atoms with E-state index < -0.39 is 30.2 Å². The molecular weight excluding hydrogens is 216 g/mol. The first-order valence-electron chi connectivity index (χ1n) is 5.06. The van der Waals surface area contributed by atoms with Crippen LogP contribution in [-0.2, 0) is 19.0 Å². The molecule has 0 radical (unpaired) electrons. The Balaban J connectivity index is 2.89. The lowest BCUT2D eigenvalue weighted by molar-refractivity contribution is -0.195. The molecule has 16 heavy (non-hydrogen) atoms. The maximum absolute atomic E-state index is 11.0.